The summed E-state index contributed by atoms with van der Waals surface area (Å²) in [5, 5.41) is 0. The predicted octanol–water partition coefficient (Wildman–Crippen LogP) is 2.08. The number of amidine groups is 1. The predicted molar refractivity (Wildman–Crippen MR) is 63.1 cm³/mol. The van der Waals surface area contributed by atoms with E-state index in [-0.39, 0.29) is 0 Å². The Balaban J connectivity index is 2.13. The average Bonchev–Trinajstić information content (AvgIpc) is 2.45. The third-order valence-electron chi connectivity index (χ3n) is 3.39. The molecule has 0 spiro atoms. The van der Waals surface area contributed by atoms with Crippen molar-refractivity contribution >= 4 is 5.84 Å². The Bertz CT molecular complexity index is 330. The number of rotatable bonds is 1. The van der Waals surface area contributed by atoms with E-state index in [0.29, 0.717) is 17.8 Å². The molecule has 1 fully saturated rings. The number of hydrogen-bond acceptors (Lipinski definition) is 3. The summed E-state index contributed by atoms with van der Waals surface area (Å²) < 4.78 is 0. The quantitative estimate of drug-likeness (QED) is 0.712. The summed E-state index contributed by atoms with van der Waals surface area (Å²) in [7, 11) is 0. The molecule has 3 heteroatoms. The van der Waals surface area contributed by atoms with Gasteiger partial charge < -0.3 is 10.6 Å². The zero-order chi connectivity index (χ0) is 11.0. The molecule has 1 aliphatic carbocycles. The van der Waals surface area contributed by atoms with E-state index in [9.17, 15) is 0 Å². The molecule has 2 N–H and O–H groups in total. The van der Waals surface area contributed by atoms with Gasteiger partial charge in [-0.05, 0) is 30.8 Å². The van der Waals surface area contributed by atoms with Crippen LogP contribution in [0.1, 0.15) is 26.7 Å². The van der Waals surface area contributed by atoms with Crippen LogP contribution in [0.5, 0.6) is 0 Å². The molecule has 0 radical (unpaired) electrons. The summed E-state index contributed by atoms with van der Waals surface area (Å²) in [6, 6.07) is 0.542. The fraction of sp³-hybridized carbons (Fsp3) is 0.583. The van der Waals surface area contributed by atoms with Crippen LogP contribution < -0.4 is 5.73 Å². The Morgan fingerprint density at radius 3 is 2.73 bits per heavy atom. The molecule has 0 aromatic rings. The van der Waals surface area contributed by atoms with Gasteiger partial charge in [0.05, 0.1) is 0 Å². The van der Waals surface area contributed by atoms with E-state index >= 15 is 0 Å². The van der Waals surface area contributed by atoms with Gasteiger partial charge in [0, 0.05) is 12.2 Å². The Kier molecular flexibility index (Phi) is 2.55. The van der Waals surface area contributed by atoms with Crippen molar-refractivity contribution < 1.29 is 0 Å². The molecular weight excluding hydrogens is 186 g/mol. The van der Waals surface area contributed by atoms with Crippen LogP contribution in [0.3, 0.4) is 0 Å². The monoisotopic (exact) mass is 205 g/mol. The standard InChI is InChI=1S/C12H19N3/c1-8-6-9(2)11(7-8)15-5-4-12(13)14-10(15)3/h4-5,8-9,11H,3,6-7H2,1-2H3,(H2,13,14). The molecule has 1 saturated carbocycles. The van der Waals surface area contributed by atoms with Gasteiger partial charge in [-0.2, -0.15) is 0 Å². The molecule has 0 bridgehead atoms. The fourth-order valence-corrected chi connectivity index (χ4v) is 2.71. The molecule has 3 nitrogen and oxygen atoms in total. The maximum atomic E-state index is 5.62. The van der Waals surface area contributed by atoms with Crippen molar-refractivity contribution in [2.24, 2.45) is 22.6 Å². The van der Waals surface area contributed by atoms with Gasteiger partial charge >= 0.3 is 0 Å². The minimum atomic E-state index is 0.542. The van der Waals surface area contributed by atoms with Crippen LogP contribution in [0.25, 0.3) is 0 Å². The van der Waals surface area contributed by atoms with E-state index in [1.807, 2.05) is 12.3 Å². The number of hydrogen-bond donors (Lipinski definition) is 1. The second kappa shape index (κ2) is 3.72. The third kappa shape index (κ3) is 1.91. The highest BCUT2D eigenvalue weighted by Gasteiger charge is 2.33. The molecule has 1 aliphatic heterocycles. The highest BCUT2D eigenvalue weighted by Crippen LogP contribution is 2.36. The summed E-state index contributed by atoms with van der Waals surface area (Å²) >= 11 is 0. The zero-order valence-electron chi connectivity index (χ0n) is 9.48. The number of nitrogens with two attached hydrogens (primary N) is 1. The summed E-state index contributed by atoms with van der Waals surface area (Å²) in [6.07, 6.45) is 6.38. The molecule has 0 amide bonds. The molecule has 82 valence electrons. The summed E-state index contributed by atoms with van der Waals surface area (Å²) in [4.78, 5) is 6.38. The van der Waals surface area contributed by atoms with Gasteiger partial charge in [0.25, 0.3) is 0 Å². The van der Waals surface area contributed by atoms with Crippen molar-refractivity contribution in [3.05, 3.63) is 24.7 Å². The van der Waals surface area contributed by atoms with Gasteiger partial charge in [-0.25, -0.2) is 4.99 Å². The van der Waals surface area contributed by atoms with Crippen LogP contribution >= 0.6 is 0 Å². The van der Waals surface area contributed by atoms with Crippen LogP contribution in [-0.2, 0) is 0 Å². The number of nitrogens with zero attached hydrogens (tertiary/aromatic N) is 2. The van der Waals surface area contributed by atoms with Gasteiger partial charge in [0.15, 0.2) is 0 Å². The van der Waals surface area contributed by atoms with Gasteiger partial charge in [-0.15, -0.1) is 0 Å². The zero-order valence-corrected chi connectivity index (χ0v) is 9.48. The first-order chi connectivity index (χ1) is 7.08. The molecular formula is C12H19N3. The van der Waals surface area contributed by atoms with Crippen molar-refractivity contribution in [1.82, 2.24) is 4.90 Å². The van der Waals surface area contributed by atoms with Crippen LogP contribution in [0.2, 0.25) is 0 Å². The van der Waals surface area contributed by atoms with E-state index in [4.69, 9.17) is 5.73 Å². The van der Waals surface area contributed by atoms with E-state index < -0.39 is 0 Å². The van der Waals surface area contributed by atoms with Gasteiger partial charge in [0.2, 0.25) is 0 Å². The van der Waals surface area contributed by atoms with E-state index in [0.717, 1.165) is 11.7 Å². The highest BCUT2D eigenvalue weighted by molar-refractivity contribution is 5.92. The first-order valence-electron chi connectivity index (χ1n) is 5.57. The minimum Gasteiger partial charge on any atom is -0.384 e. The van der Waals surface area contributed by atoms with E-state index in [2.05, 4.69) is 30.3 Å². The summed E-state index contributed by atoms with van der Waals surface area (Å²) in [5.41, 5.74) is 5.62. The fourth-order valence-electron chi connectivity index (χ4n) is 2.71. The first-order valence-corrected chi connectivity index (χ1v) is 5.57. The Morgan fingerprint density at radius 1 is 1.47 bits per heavy atom. The second-order valence-electron chi connectivity index (χ2n) is 4.80. The second-order valence-corrected chi connectivity index (χ2v) is 4.80. The maximum Gasteiger partial charge on any atom is 0.127 e. The largest absolute Gasteiger partial charge is 0.384 e. The smallest absolute Gasteiger partial charge is 0.127 e. The van der Waals surface area contributed by atoms with Crippen LogP contribution in [0.4, 0.5) is 0 Å². The lowest BCUT2D eigenvalue weighted by molar-refractivity contribution is 0.281. The molecule has 0 saturated heterocycles. The van der Waals surface area contributed by atoms with Crippen molar-refractivity contribution in [1.29, 1.82) is 0 Å². The van der Waals surface area contributed by atoms with Crippen molar-refractivity contribution in [2.45, 2.75) is 32.7 Å². The lowest BCUT2D eigenvalue weighted by atomic mass is 10.0. The van der Waals surface area contributed by atoms with Crippen LogP contribution in [-0.4, -0.2) is 16.8 Å². The Labute approximate surface area is 91.4 Å². The average molecular weight is 205 g/mol. The lowest BCUT2D eigenvalue weighted by Crippen LogP contribution is -2.34. The topological polar surface area (TPSA) is 41.6 Å². The summed E-state index contributed by atoms with van der Waals surface area (Å²) in [5.74, 6) is 2.83. The highest BCUT2D eigenvalue weighted by atomic mass is 15.2. The molecule has 0 aromatic heterocycles. The molecule has 3 atom stereocenters. The minimum absolute atomic E-state index is 0.542. The van der Waals surface area contributed by atoms with Gasteiger partial charge in [-0.1, -0.05) is 20.4 Å². The molecule has 0 aromatic carbocycles. The molecule has 3 unspecified atom stereocenters. The Morgan fingerprint density at radius 2 is 2.20 bits per heavy atom. The molecule has 2 aliphatic rings. The van der Waals surface area contributed by atoms with E-state index in [1.54, 1.807) is 0 Å². The lowest BCUT2D eigenvalue weighted by Gasteiger charge is -2.32. The van der Waals surface area contributed by atoms with Crippen molar-refractivity contribution in [3.8, 4) is 0 Å². The van der Waals surface area contributed by atoms with E-state index in [1.165, 1.54) is 12.8 Å². The SMILES string of the molecule is C=C1N=C(N)C=CN1C1CC(C)CC1C. The third-order valence-corrected chi connectivity index (χ3v) is 3.39. The van der Waals surface area contributed by atoms with Crippen molar-refractivity contribution in [3.63, 3.8) is 0 Å². The summed E-state index contributed by atoms with van der Waals surface area (Å²) in [6.45, 7) is 8.57. The maximum absolute atomic E-state index is 5.62. The molecule has 2 rings (SSSR count). The van der Waals surface area contributed by atoms with Gasteiger partial charge in [-0.3, -0.25) is 0 Å². The van der Waals surface area contributed by atoms with Crippen LogP contribution in [0.15, 0.2) is 29.7 Å². The normalized spacial score (nSPS) is 35.9. The Hall–Kier alpha value is -1.25. The molecule has 1 heterocycles. The van der Waals surface area contributed by atoms with Crippen LogP contribution in [0, 0.1) is 11.8 Å². The first kappa shape index (κ1) is 10.3. The van der Waals surface area contributed by atoms with Crippen molar-refractivity contribution in [2.75, 3.05) is 0 Å². The van der Waals surface area contributed by atoms with Gasteiger partial charge in [0.1, 0.15) is 11.7 Å². The molecule has 15 heavy (non-hydrogen) atoms. The number of aliphatic imine (C=N–C) groups is 1.